The van der Waals surface area contributed by atoms with E-state index in [4.69, 9.17) is 4.98 Å². The molecule has 1 N–H and O–H groups in total. The van der Waals surface area contributed by atoms with Gasteiger partial charge in [0.2, 0.25) is 0 Å². The molecule has 1 aromatic heterocycles. The number of allylic oxidation sites excluding steroid dienone is 2. The second-order valence-corrected chi connectivity index (χ2v) is 10.9. The van der Waals surface area contributed by atoms with Crippen molar-refractivity contribution in [2.24, 2.45) is 10.8 Å². The van der Waals surface area contributed by atoms with E-state index in [0.717, 1.165) is 16.8 Å². The second-order valence-electron chi connectivity index (χ2n) is 10.9. The van der Waals surface area contributed by atoms with E-state index in [1.54, 1.807) is 0 Å². The van der Waals surface area contributed by atoms with Gasteiger partial charge in [-0.25, -0.2) is 0 Å². The number of carbonyl (C=O) groups is 1. The zero-order valence-corrected chi connectivity index (χ0v) is 24.6. The summed E-state index contributed by atoms with van der Waals surface area (Å²) in [6.45, 7) is 19.6. The molecule has 0 fully saturated rings. The van der Waals surface area contributed by atoms with E-state index in [1.165, 1.54) is 33.7 Å². The zero-order valence-electron chi connectivity index (χ0n) is 22.2. The fraction of sp³-hybridized carbons (Fsp3) is 0.400. The molecule has 0 aliphatic carbocycles. The summed E-state index contributed by atoms with van der Waals surface area (Å²) < 4.78 is 0. The third-order valence-electron chi connectivity index (χ3n) is 5.69. The van der Waals surface area contributed by atoms with Gasteiger partial charge in [-0.1, -0.05) is 86.6 Å². The van der Waals surface area contributed by atoms with Crippen molar-refractivity contribution in [3.63, 3.8) is 0 Å². The molecule has 0 bridgehead atoms. The van der Waals surface area contributed by atoms with Crippen LogP contribution in [-0.2, 0) is 24.9 Å². The van der Waals surface area contributed by atoms with Crippen molar-refractivity contribution < 1.29 is 30.0 Å². The van der Waals surface area contributed by atoms with Crippen molar-refractivity contribution in [2.45, 2.75) is 69.2 Å². The Balaban J connectivity index is 0.000000364. The van der Waals surface area contributed by atoms with Gasteiger partial charge in [-0.3, -0.25) is 9.78 Å². The molecule has 2 aromatic carbocycles. The van der Waals surface area contributed by atoms with E-state index >= 15 is 0 Å². The number of aliphatic hydroxyl groups excluding tert-OH is 1. The van der Waals surface area contributed by atoms with Crippen molar-refractivity contribution in [1.82, 2.24) is 4.98 Å². The maximum Gasteiger partial charge on any atom is 0.164 e. The summed E-state index contributed by atoms with van der Waals surface area (Å²) >= 11 is 0. The Labute approximate surface area is 219 Å². The molecule has 0 aliphatic rings. The Morgan fingerprint density at radius 2 is 1.47 bits per heavy atom. The van der Waals surface area contributed by atoms with E-state index in [0.29, 0.717) is 0 Å². The van der Waals surface area contributed by atoms with Crippen molar-refractivity contribution in [3.8, 4) is 11.3 Å². The molecule has 0 unspecified atom stereocenters. The first-order valence-electron chi connectivity index (χ1n) is 11.4. The standard InChI is InChI=1S/C19H18N.C11H20O2.Ir/c1-12-9-14(3)17(10-13(12)2)19-11-15(4)16-7-5-6-8-18(16)20-19;1-10(2,3)8(12)7-9(13)11(4,5)6;/h5-9,11H,1-4H3;7,12H,1-6H3;/q-1;;/b;8-7-;. The van der Waals surface area contributed by atoms with E-state index in [9.17, 15) is 9.90 Å². The first-order chi connectivity index (χ1) is 15.1. The smallest absolute Gasteiger partial charge is 0.164 e. The van der Waals surface area contributed by atoms with Crippen LogP contribution in [0.5, 0.6) is 0 Å². The van der Waals surface area contributed by atoms with E-state index in [1.807, 2.05) is 47.6 Å². The first-order valence-corrected chi connectivity index (χ1v) is 11.4. The average Bonchev–Trinajstić information content (AvgIpc) is 2.69. The number of pyridine rings is 1. The minimum absolute atomic E-state index is 0. The molecule has 0 saturated heterocycles. The number of aliphatic hydroxyl groups is 1. The predicted molar refractivity (Wildman–Crippen MR) is 140 cm³/mol. The van der Waals surface area contributed by atoms with Crippen molar-refractivity contribution in [3.05, 3.63) is 76.6 Å². The minimum Gasteiger partial charge on any atom is -0.512 e. The Kier molecular flexibility index (Phi) is 9.99. The molecule has 0 atom stereocenters. The number of para-hydroxylation sites is 1. The van der Waals surface area contributed by atoms with Crippen LogP contribution in [0.4, 0.5) is 0 Å². The molecule has 4 heteroatoms. The normalized spacial score (nSPS) is 12.0. The van der Waals surface area contributed by atoms with Crippen molar-refractivity contribution in [2.75, 3.05) is 0 Å². The summed E-state index contributed by atoms with van der Waals surface area (Å²) in [6.07, 6.45) is 1.33. The van der Waals surface area contributed by atoms with E-state index < -0.39 is 5.41 Å². The van der Waals surface area contributed by atoms with Crippen LogP contribution in [0.2, 0.25) is 0 Å². The number of ketones is 1. The van der Waals surface area contributed by atoms with Gasteiger partial charge in [0.1, 0.15) is 5.76 Å². The van der Waals surface area contributed by atoms with Crippen molar-refractivity contribution in [1.29, 1.82) is 0 Å². The van der Waals surface area contributed by atoms with E-state index in [2.05, 4.69) is 64.1 Å². The minimum atomic E-state index is -0.417. The number of hydrogen-bond acceptors (Lipinski definition) is 3. The van der Waals surface area contributed by atoms with Gasteiger partial charge in [-0.05, 0) is 24.2 Å². The Morgan fingerprint density at radius 1 is 0.882 bits per heavy atom. The summed E-state index contributed by atoms with van der Waals surface area (Å²) in [6, 6.07) is 16.2. The molecule has 1 radical (unpaired) electrons. The van der Waals surface area contributed by atoms with Gasteiger partial charge >= 0.3 is 0 Å². The molecule has 1 heterocycles. The molecule has 3 nitrogen and oxygen atoms in total. The quantitative estimate of drug-likeness (QED) is 0.176. The van der Waals surface area contributed by atoms with Crippen LogP contribution in [0, 0.1) is 44.6 Å². The number of aromatic nitrogens is 1. The fourth-order valence-corrected chi connectivity index (χ4v) is 3.19. The van der Waals surface area contributed by atoms with Crippen LogP contribution in [0.1, 0.15) is 63.8 Å². The molecular weight excluding hydrogens is 599 g/mol. The average molecular weight is 637 g/mol. The second kappa shape index (κ2) is 11.4. The molecule has 185 valence electrons. The Bertz CT molecular complexity index is 1190. The molecule has 0 amide bonds. The Morgan fingerprint density at radius 3 is 2.03 bits per heavy atom. The number of hydrogen-bond donors (Lipinski definition) is 1. The molecule has 3 rings (SSSR count). The summed E-state index contributed by atoms with van der Waals surface area (Å²) in [5, 5.41) is 10.8. The van der Waals surface area contributed by atoms with Crippen molar-refractivity contribution >= 4 is 16.7 Å². The predicted octanol–water partition coefficient (Wildman–Crippen LogP) is 8.02. The molecule has 0 spiro atoms. The van der Waals surface area contributed by atoms with Crippen LogP contribution in [0.3, 0.4) is 0 Å². The van der Waals surface area contributed by atoms with Gasteiger partial charge in [0.25, 0.3) is 0 Å². The van der Waals surface area contributed by atoms with Gasteiger partial charge in [-0.15, -0.1) is 34.4 Å². The van der Waals surface area contributed by atoms with Gasteiger partial charge in [-0.2, -0.15) is 0 Å². The molecular formula is C30H38IrNO2-. The molecule has 0 aliphatic heterocycles. The number of aryl methyl sites for hydroxylation is 4. The molecule has 34 heavy (non-hydrogen) atoms. The van der Waals surface area contributed by atoms with Gasteiger partial charge < -0.3 is 5.11 Å². The van der Waals surface area contributed by atoms with E-state index in [-0.39, 0.29) is 37.1 Å². The summed E-state index contributed by atoms with van der Waals surface area (Å²) in [5.74, 6) is 0.104. The number of carbonyl (C=O) groups excluding carboxylic acids is 1. The largest absolute Gasteiger partial charge is 0.512 e. The maximum atomic E-state index is 11.5. The summed E-state index contributed by atoms with van der Waals surface area (Å²) in [4.78, 5) is 16.3. The summed E-state index contributed by atoms with van der Waals surface area (Å²) in [7, 11) is 0. The topological polar surface area (TPSA) is 50.2 Å². The third-order valence-corrected chi connectivity index (χ3v) is 5.69. The molecule has 0 saturated carbocycles. The summed E-state index contributed by atoms with van der Waals surface area (Å²) in [5.41, 5.74) is 7.38. The van der Waals surface area contributed by atoms with Crippen LogP contribution in [0.15, 0.2) is 48.2 Å². The van der Waals surface area contributed by atoms with Crippen LogP contribution in [-0.4, -0.2) is 15.9 Å². The maximum absolute atomic E-state index is 11.5. The number of fused-ring (bicyclic) bond motifs is 1. The third kappa shape index (κ3) is 7.61. The first kappa shape index (κ1) is 29.7. The molecule has 3 aromatic rings. The SMILES string of the molecule is CC(C)(C)C(=O)/C=C(\O)C(C)(C)C.Cc1[c-]c(-c2cc(C)c3ccccc3n2)c(C)cc1C.[Ir]. The van der Waals surface area contributed by atoms with Gasteiger partial charge in [0, 0.05) is 42.4 Å². The van der Waals surface area contributed by atoms with Gasteiger partial charge in [0.15, 0.2) is 5.78 Å². The van der Waals surface area contributed by atoms with Gasteiger partial charge in [0.05, 0.1) is 5.52 Å². The number of nitrogens with zero attached hydrogens (tertiary/aromatic N) is 1. The van der Waals surface area contributed by atoms with Crippen LogP contribution >= 0.6 is 0 Å². The van der Waals surface area contributed by atoms with Crippen LogP contribution in [0.25, 0.3) is 22.2 Å². The Hall–Kier alpha value is -2.29. The monoisotopic (exact) mass is 637 g/mol. The fourth-order valence-electron chi connectivity index (χ4n) is 3.19. The zero-order chi connectivity index (χ0) is 25.1. The van der Waals surface area contributed by atoms with Crippen LogP contribution < -0.4 is 0 Å². The number of benzene rings is 2. The number of rotatable bonds is 2.